The first kappa shape index (κ1) is 20.1. The van der Waals surface area contributed by atoms with Gasteiger partial charge in [-0.15, -0.1) is 0 Å². The van der Waals surface area contributed by atoms with Crippen molar-refractivity contribution < 1.29 is 13.5 Å². The summed E-state index contributed by atoms with van der Waals surface area (Å²) in [5.74, 6) is 0.800. The molecular formula is C22H32F2O. The van der Waals surface area contributed by atoms with E-state index in [2.05, 4.69) is 19.1 Å². The first-order valence-electron chi connectivity index (χ1n) is 9.73. The zero-order chi connectivity index (χ0) is 18.1. The van der Waals surface area contributed by atoms with Gasteiger partial charge in [-0.05, 0) is 62.0 Å². The van der Waals surface area contributed by atoms with Gasteiger partial charge >= 0.3 is 6.11 Å². The summed E-state index contributed by atoms with van der Waals surface area (Å²) < 4.78 is 33.3. The van der Waals surface area contributed by atoms with Crippen molar-refractivity contribution in [2.45, 2.75) is 77.9 Å². The standard InChI is InChI=1S/C22H32F2O/c1-3-5-6-7-19-10-12-20(13-11-19)16-22(23,24)25-17-21-14-8-18(4-2)9-15-21/h3,5,8-9,14-15,19-20H,4,6-7,10-13,16-17H2,1-2H3/b5-3+/t19-,20-. The quantitative estimate of drug-likeness (QED) is 0.440. The lowest BCUT2D eigenvalue weighted by molar-refractivity contribution is -0.256. The van der Waals surface area contributed by atoms with Crippen LogP contribution in [0.15, 0.2) is 36.4 Å². The largest absolute Gasteiger partial charge is 0.356 e. The fourth-order valence-corrected chi connectivity index (χ4v) is 3.68. The summed E-state index contributed by atoms with van der Waals surface area (Å²) >= 11 is 0. The Morgan fingerprint density at radius 1 is 1.04 bits per heavy atom. The smallest absolute Gasteiger partial charge is 0.316 e. The Kier molecular flexibility index (Phi) is 8.08. The van der Waals surface area contributed by atoms with Gasteiger partial charge in [-0.25, -0.2) is 0 Å². The maximum atomic E-state index is 14.2. The van der Waals surface area contributed by atoms with Crippen LogP contribution in [0.1, 0.15) is 69.9 Å². The summed E-state index contributed by atoms with van der Waals surface area (Å²) in [7, 11) is 0. The second-order valence-electron chi connectivity index (χ2n) is 7.33. The van der Waals surface area contributed by atoms with Gasteiger partial charge in [-0.1, -0.05) is 56.2 Å². The predicted molar refractivity (Wildman–Crippen MR) is 99.7 cm³/mol. The van der Waals surface area contributed by atoms with E-state index in [1.165, 1.54) is 12.0 Å². The molecule has 0 unspecified atom stereocenters. The van der Waals surface area contributed by atoms with Gasteiger partial charge < -0.3 is 4.74 Å². The molecule has 25 heavy (non-hydrogen) atoms. The van der Waals surface area contributed by atoms with E-state index in [9.17, 15) is 8.78 Å². The average molecular weight is 350 g/mol. The SMILES string of the molecule is C/C=C/CC[C@H]1CC[C@H](CC(F)(F)OCc2ccc(CC)cc2)CC1. The number of allylic oxidation sites excluding steroid dienone is 2. The van der Waals surface area contributed by atoms with E-state index in [4.69, 9.17) is 4.74 Å². The van der Waals surface area contributed by atoms with Gasteiger partial charge in [-0.2, -0.15) is 8.78 Å². The Morgan fingerprint density at radius 2 is 1.64 bits per heavy atom. The molecule has 0 atom stereocenters. The molecule has 1 saturated carbocycles. The molecule has 0 heterocycles. The number of rotatable bonds is 9. The van der Waals surface area contributed by atoms with Crippen LogP contribution in [-0.4, -0.2) is 6.11 Å². The molecule has 1 nitrogen and oxygen atoms in total. The molecule has 3 heteroatoms. The Bertz CT molecular complexity index is 513. The lowest BCUT2D eigenvalue weighted by Crippen LogP contribution is -2.27. The zero-order valence-electron chi connectivity index (χ0n) is 15.6. The highest BCUT2D eigenvalue weighted by Crippen LogP contribution is 2.38. The number of alkyl halides is 2. The van der Waals surface area contributed by atoms with Crippen LogP contribution < -0.4 is 0 Å². The van der Waals surface area contributed by atoms with Crippen molar-refractivity contribution in [2.24, 2.45) is 11.8 Å². The Balaban J connectivity index is 1.71. The number of halogens is 2. The van der Waals surface area contributed by atoms with Crippen LogP contribution >= 0.6 is 0 Å². The molecule has 140 valence electrons. The van der Waals surface area contributed by atoms with Crippen LogP contribution in [0.25, 0.3) is 0 Å². The van der Waals surface area contributed by atoms with Crippen molar-refractivity contribution in [1.82, 2.24) is 0 Å². The molecule has 1 aromatic rings. The summed E-state index contributed by atoms with van der Waals surface area (Å²) in [6.45, 7) is 4.10. The van der Waals surface area contributed by atoms with Crippen LogP contribution in [0.3, 0.4) is 0 Å². The van der Waals surface area contributed by atoms with Gasteiger partial charge in [0.15, 0.2) is 0 Å². The molecule has 0 amide bonds. The third-order valence-corrected chi connectivity index (χ3v) is 5.35. The van der Waals surface area contributed by atoms with E-state index in [0.717, 1.165) is 44.1 Å². The van der Waals surface area contributed by atoms with Gasteiger partial charge in [-0.3, -0.25) is 0 Å². The van der Waals surface area contributed by atoms with Crippen LogP contribution in [0, 0.1) is 11.8 Å². The fourth-order valence-electron chi connectivity index (χ4n) is 3.68. The molecule has 0 saturated heterocycles. The summed E-state index contributed by atoms with van der Waals surface area (Å²) in [5, 5.41) is 0. The lowest BCUT2D eigenvalue weighted by Gasteiger charge is -2.30. The molecule has 0 aliphatic heterocycles. The zero-order valence-corrected chi connectivity index (χ0v) is 15.6. The molecule has 1 aliphatic rings. The molecule has 0 aromatic heterocycles. The number of ether oxygens (including phenoxy) is 1. The van der Waals surface area contributed by atoms with Crippen molar-refractivity contribution in [3.8, 4) is 0 Å². The minimum atomic E-state index is -3.02. The second kappa shape index (κ2) is 10.1. The van der Waals surface area contributed by atoms with Crippen LogP contribution in [0.5, 0.6) is 0 Å². The topological polar surface area (TPSA) is 9.23 Å². The first-order chi connectivity index (χ1) is 12.0. The van der Waals surface area contributed by atoms with Crippen molar-refractivity contribution in [2.75, 3.05) is 0 Å². The highest BCUT2D eigenvalue weighted by atomic mass is 19.3. The molecule has 1 aliphatic carbocycles. The molecule has 1 aromatic carbocycles. The van der Waals surface area contributed by atoms with Crippen molar-refractivity contribution in [1.29, 1.82) is 0 Å². The number of hydrogen-bond acceptors (Lipinski definition) is 1. The van der Waals surface area contributed by atoms with Gasteiger partial charge in [0.05, 0.1) is 6.61 Å². The van der Waals surface area contributed by atoms with Crippen LogP contribution in [0.4, 0.5) is 8.78 Å². The Labute approximate surface area is 151 Å². The summed E-state index contributed by atoms with van der Waals surface area (Å²) in [6.07, 6.45) is 8.35. The van der Waals surface area contributed by atoms with Crippen LogP contribution in [-0.2, 0) is 17.8 Å². The number of aryl methyl sites for hydroxylation is 1. The normalized spacial score (nSPS) is 21.8. The van der Waals surface area contributed by atoms with E-state index in [-0.39, 0.29) is 18.9 Å². The summed E-state index contributed by atoms with van der Waals surface area (Å²) in [4.78, 5) is 0. The van der Waals surface area contributed by atoms with E-state index >= 15 is 0 Å². The average Bonchev–Trinajstić information content (AvgIpc) is 2.62. The third-order valence-electron chi connectivity index (χ3n) is 5.35. The number of benzene rings is 1. The molecule has 0 spiro atoms. The van der Waals surface area contributed by atoms with Gasteiger partial charge in [0.25, 0.3) is 0 Å². The molecular weight excluding hydrogens is 318 g/mol. The highest BCUT2D eigenvalue weighted by molar-refractivity contribution is 5.21. The first-order valence-corrected chi connectivity index (χ1v) is 9.73. The summed E-state index contributed by atoms with van der Waals surface area (Å²) in [5.41, 5.74) is 2.02. The molecule has 0 N–H and O–H groups in total. The lowest BCUT2D eigenvalue weighted by atomic mass is 9.78. The van der Waals surface area contributed by atoms with Gasteiger partial charge in [0, 0.05) is 6.42 Å². The molecule has 0 radical (unpaired) electrons. The maximum Gasteiger partial charge on any atom is 0.356 e. The van der Waals surface area contributed by atoms with Crippen molar-refractivity contribution >= 4 is 0 Å². The van der Waals surface area contributed by atoms with Crippen molar-refractivity contribution in [3.63, 3.8) is 0 Å². The molecule has 2 rings (SSSR count). The predicted octanol–water partition coefficient (Wildman–Crippen LogP) is 6.91. The Morgan fingerprint density at radius 3 is 2.24 bits per heavy atom. The van der Waals surface area contributed by atoms with E-state index in [1.807, 2.05) is 31.2 Å². The monoisotopic (exact) mass is 350 g/mol. The third kappa shape index (κ3) is 7.27. The second-order valence-corrected chi connectivity index (χ2v) is 7.33. The van der Waals surface area contributed by atoms with Crippen LogP contribution in [0.2, 0.25) is 0 Å². The molecule has 1 fully saturated rings. The molecule has 0 bridgehead atoms. The maximum absolute atomic E-state index is 14.2. The fraction of sp³-hybridized carbons (Fsp3) is 0.636. The van der Waals surface area contributed by atoms with Gasteiger partial charge in [0.1, 0.15) is 0 Å². The van der Waals surface area contributed by atoms with E-state index < -0.39 is 6.11 Å². The van der Waals surface area contributed by atoms with E-state index in [1.54, 1.807) is 0 Å². The van der Waals surface area contributed by atoms with Gasteiger partial charge in [0.2, 0.25) is 0 Å². The highest BCUT2D eigenvalue weighted by Gasteiger charge is 2.35. The minimum Gasteiger partial charge on any atom is -0.316 e. The summed E-state index contributed by atoms with van der Waals surface area (Å²) in [6, 6.07) is 7.72. The van der Waals surface area contributed by atoms with Crippen molar-refractivity contribution in [3.05, 3.63) is 47.5 Å². The van der Waals surface area contributed by atoms with E-state index in [0.29, 0.717) is 5.92 Å². The number of hydrogen-bond donors (Lipinski definition) is 0. The minimum absolute atomic E-state index is 0.0182. The Hall–Kier alpha value is -1.22.